The van der Waals surface area contributed by atoms with Gasteiger partial charge in [0.25, 0.3) is 5.91 Å². The van der Waals surface area contributed by atoms with Crippen LogP contribution in [0.25, 0.3) is 0 Å². The van der Waals surface area contributed by atoms with Crippen LogP contribution in [0.2, 0.25) is 0 Å². The van der Waals surface area contributed by atoms with E-state index in [4.69, 9.17) is 0 Å². The molecule has 0 saturated carbocycles. The van der Waals surface area contributed by atoms with Gasteiger partial charge in [0.2, 0.25) is 5.91 Å². The highest BCUT2D eigenvalue weighted by atomic mass is 32.1. The smallest absolute Gasteiger partial charge is 0.251 e. The molecule has 2 aliphatic rings. The molecule has 2 aliphatic heterocycles. The van der Waals surface area contributed by atoms with Gasteiger partial charge in [-0.15, -0.1) is 11.3 Å². The number of carbonyl (C=O) groups is 2. The van der Waals surface area contributed by atoms with E-state index in [1.807, 2.05) is 42.5 Å². The largest absolute Gasteiger partial charge is 0.305 e. The summed E-state index contributed by atoms with van der Waals surface area (Å²) in [4.78, 5) is 30.4. The molecule has 2 aromatic rings. The van der Waals surface area contributed by atoms with Crippen molar-refractivity contribution in [2.75, 3.05) is 24.5 Å². The fourth-order valence-electron chi connectivity index (χ4n) is 4.04. The number of carbonyl (C=O) groups excluding carboxylic acids is 2. The summed E-state index contributed by atoms with van der Waals surface area (Å²) in [6.45, 7) is 6.03. The van der Waals surface area contributed by atoms with Gasteiger partial charge in [-0.1, -0.05) is 23.8 Å². The Bertz CT molecular complexity index is 811. The molecule has 4 rings (SSSR count). The zero-order valence-electron chi connectivity index (χ0n) is 16.3. The van der Waals surface area contributed by atoms with Crippen molar-refractivity contribution in [2.24, 2.45) is 5.92 Å². The molecule has 3 heterocycles. The highest BCUT2D eigenvalue weighted by molar-refractivity contribution is 7.09. The summed E-state index contributed by atoms with van der Waals surface area (Å²) in [6, 6.07) is 11.5. The number of imide groups is 1. The fourth-order valence-corrected chi connectivity index (χ4v) is 4.78. The Morgan fingerprint density at radius 2 is 1.86 bits per heavy atom. The highest BCUT2D eigenvalue weighted by Gasteiger charge is 2.39. The summed E-state index contributed by atoms with van der Waals surface area (Å²) in [7, 11) is 0. The van der Waals surface area contributed by atoms with Crippen molar-refractivity contribution in [3.05, 3.63) is 52.2 Å². The van der Waals surface area contributed by atoms with Crippen LogP contribution < -0.4 is 10.2 Å². The SMILES string of the molecule is Cc1ccc(N2C(=O)CC(NCC3CCN(Cc4cccs4)CC3)C2=O)cc1. The molecule has 1 aromatic heterocycles. The summed E-state index contributed by atoms with van der Waals surface area (Å²) < 4.78 is 0. The van der Waals surface area contributed by atoms with Crippen molar-refractivity contribution in [1.82, 2.24) is 10.2 Å². The van der Waals surface area contributed by atoms with Gasteiger partial charge in [0, 0.05) is 11.4 Å². The number of piperidine rings is 1. The predicted molar refractivity (Wildman–Crippen MR) is 112 cm³/mol. The second-order valence-electron chi connectivity index (χ2n) is 7.87. The van der Waals surface area contributed by atoms with Crippen molar-refractivity contribution in [1.29, 1.82) is 0 Å². The van der Waals surface area contributed by atoms with Crippen molar-refractivity contribution in [3.63, 3.8) is 0 Å². The van der Waals surface area contributed by atoms with Crippen LogP contribution in [0.3, 0.4) is 0 Å². The zero-order valence-corrected chi connectivity index (χ0v) is 17.1. The molecule has 2 saturated heterocycles. The molecule has 1 N–H and O–H groups in total. The third-order valence-corrected chi connectivity index (χ3v) is 6.62. The molecule has 2 fully saturated rings. The molecule has 0 bridgehead atoms. The molecule has 6 heteroatoms. The number of rotatable bonds is 6. The van der Waals surface area contributed by atoms with Gasteiger partial charge in [0.05, 0.1) is 18.2 Å². The van der Waals surface area contributed by atoms with E-state index < -0.39 is 6.04 Å². The summed E-state index contributed by atoms with van der Waals surface area (Å²) in [5.41, 5.74) is 1.79. The zero-order chi connectivity index (χ0) is 19.5. The predicted octanol–water partition coefficient (Wildman–Crippen LogP) is 3.19. The van der Waals surface area contributed by atoms with Gasteiger partial charge in [-0.25, -0.2) is 4.90 Å². The standard InChI is InChI=1S/C22H27N3O2S/c1-16-4-6-18(7-5-16)25-21(26)13-20(22(25)27)23-14-17-8-10-24(11-9-17)15-19-3-2-12-28-19/h2-7,12,17,20,23H,8-11,13-15H2,1H3. The van der Waals surface area contributed by atoms with Crippen molar-refractivity contribution in [3.8, 4) is 0 Å². The normalized spacial score (nSPS) is 21.6. The first-order valence-corrected chi connectivity index (χ1v) is 10.9. The lowest BCUT2D eigenvalue weighted by molar-refractivity contribution is -0.121. The van der Waals surface area contributed by atoms with E-state index in [0.29, 0.717) is 11.6 Å². The first kappa shape index (κ1) is 19.3. The Morgan fingerprint density at radius 3 is 2.54 bits per heavy atom. The van der Waals surface area contributed by atoms with Gasteiger partial charge in [-0.3, -0.25) is 14.5 Å². The van der Waals surface area contributed by atoms with E-state index in [9.17, 15) is 9.59 Å². The maximum atomic E-state index is 12.7. The van der Waals surface area contributed by atoms with E-state index in [-0.39, 0.29) is 18.2 Å². The summed E-state index contributed by atoms with van der Waals surface area (Å²) in [5.74, 6) is 0.331. The van der Waals surface area contributed by atoms with Crippen molar-refractivity contribution >= 4 is 28.8 Å². The molecule has 1 aromatic carbocycles. The Balaban J connectivity index is 1.26. The number of nitrogens with zero attached hydrogens (tertiary/aromatic N) is 2. The number of aryl methyl sites for hydroxylation is 1. The highest BCUT2D eigenvalue weighted by Crippen LogP contribution is 2.24. The van der Waals surface area contributed by atoms with Crippen LogP contribution >= 0.6 is 11.3 Å². The molecule has 5 nitrogen and oxygen atoms in total. The van der Waals surface area contributed by atoms with Crippen LogP contribution in [-0.2, 0) is 16.1 Å². The first-order valence-electron chi connectivity index (χ1n) is 10.0. The minimum Gasteiger partial charge on any atom is -0.305 e. The number of thiophene rings is 1. The van der Waals surface area contributed by atoms with E-state index in [2.05, 4.69) is 27.7 Å². The molecule has 28 heavy (non-hydrogen) atoms. The number of likely N-dealkylation sites (tertiary alicyclic amines) is 1. The second-order valence-corrected chi connectivity index (χ2v) is 8.90. The Morgan fingerprint density at radius 1 is 1.11 bits per heavy atom. The second kappa shape index (κ2) is 8.55. The number of benzene rings is 1. The average Bonchev–Trinajstić information content (AvgIpc) is 3.30. The Labute approximate surface area is 170 Å². The average molecular weight is 398 g/mol. The lowest BCUT2D eigenvalue weighted by Gasteiger charge is -2.32. The van der Waals surface area contributed by atoms with Gasteiger partial charge < -0.3 is 5.32 Å². The minimum atomic E-state index is -0.391. The number of amides is 2. The molecule has 2 amide bonds. The number of anilines is 1. The van der Waals surface area contributed by atoms with E-state index >= 15 is 0 Å². The van der Waals surface area contributed by atoms with E-state index in [1.54, 1.807) is 0 Å². The lowest BCUT2D eigenvalue weighted by atomic mass is 9.96. The van der Waals surface area contributed by atoms with E-state index in [1.165, 1.54) is 9.78 Å². The van der Waals surface area contributed by atoms with Gasteiger partial charge in [0.15, 0.2) is 0 Å². The molecule has 1 unspecified atom stereocenters. The minimum absolute atomic E-state index is 0.114. The molecule has 148 valence electrons. The Hall–Kier alpha value is -2.02. The van der Waals surface area contributed by atoms with Crippen molar-refractivity contribution in [2.45, 2.75) is 38.8 Å². The molecule has 0 radical (unpaired) electrons. The van der Waals surface area contributed by atoms with E-state index in [0.717, 1.165) is 44.6 Å². The fraction of sp³-hybridized carbons (Fsp3) is 0.455. The third kappa shape index (κ3) is 4.35. The molecule has 0 spiro atoms. The van der Waals surface area contributed by atoms with Crippen LogP contribution in [0.15, 0.2) is 41.8 Å². The van der Waals surface area contributed by atoms with Crippen LogP contribution in [0.1, 0.15) is 29.7 Å². The first-order chi connectivity index (χ1) is 13.6. The Kier molecular flexibility index (Phi) is 5.90. The number of hydrogen-bond acceptors (Lipinski definition) is 5. The van der Waals surface area contributed by atoms with Crippen LogP contribution in [-0.4, -0.2) is 42.4 Å². The maximum absolute atomic E-state index is 12.7. The molecular weight excluding hydrogens is 370 g/mol. The van der Waals surface area contributed by atoms with Crippen LogP contribution in [0.5, 0.6) is 0 Å². The quantitative estimate of drug-likeness (QED) is 0.761. The topological polar surface area (TPSA) is 52.7 Å². The summed E-state index contributed by atoms with van der Waals surface area (Å²) in [5, 5.41) is 5.51. The molecule has 1 atom stereocenters. The van der Waals surface area contributed by atoms with Crippen LogP contribution in [0, 0.1) is 12.8 Å². The number of nitrogens with one attached hydrogen (secondary N) is 1. The van der Waals surface area contributed by atoms with Gasteiger partial charge in [0.1, 0.15) is 0 Å². The number of hydrogen-bond donors (Lipinski definition) is 1. The monoisotopic (exact) mass is 397 g/mol. The van der Waals surface area contributed by atoms with Crippen LogP contribution in [0.4, 0.5) is 5.69 Å². The maximum Gasteiger partial charge on any atom is 0.251 e. The lowest BCUT2D eigenvalue weighted by Crippen LogP contribution is -2.43. The summed E-state index contributed by atoms with van der Waals surface area (Å²) >= 11 is 1.82. The van der Waals surface area contributed by atoms with Crippen molar-refractivity contribution < 1.29 is 9.59 Å². The van der Waals surface area contributed by atoms with Gasteiger partial charge in [-0.05, 0) is 68.9 Å². The summed E-state index contributed by atoms with van der Waals surface area (Å²) in [6.07, 6.45) is 2.52. The molecule has 0 aliphatic carbocycles. The third-order valence-electron chi connectivity index (χ3n) is 5.76. The van der Waals surface area contributed by atoms with Gasteiger partial charge >= 0.3 is 0 Å². The van der Waals surface area contributed by atoms with Gasteiger partial charge in [-0.2, -0.15) is 0 Å². The molecular formula is C22H27N3O2S.